The van der Waals surface area contributed by atoms with Crippen LogP contribution < -0.4 is 21.3 Å². The number of halogens is 4. The van der Waals surface area contributed by atoms with E-state index in [1.54, 1.807) is 6.20 Å². The number of hydrogen-bond acceptors (Lipinski definition) is 9. The molecule has 0 aliphatic heterocycles. The van der Waals surface area contributed by atoms with Gasteiger partial charge in [0.2, 0.25) is 17.7 Å². The van der Waals surface area contributed by atoms with Gasteiger partial charge in [-0.15, -0.1) is 0 Å². The predicted molar refractivity (Wildman–Crippen MR) is 288 cm³/mol. The fourth-order valence-electron chi connectivity index (χ4n) is 10.7. The number of aliphatic hydroxyl groups is 2. The SMILES string of the molecule is CC(=O)N[C@@H](Cc1cc(F)cc(F)c1)[C@H](O)CNC1(c2cccc(C(C)(C)C)c2)CCc2[nH]ncc2C1.CC(=O)N[C@@H](Cc1cc(F)cc(F)c1)[C@H](O)CNC1(c2cccc(C(C)(C)C)c2)CCc2nn(C(C)=O)cc2C1. The quantitative estimate of drug-likeness (QED) is 0.0469. The van der Waals surface area contributed by atoms with Crippen LogP contribution in [0.1, 0.15) is 136 Å². The van der Waals surface area contributed by atoms with E-state index in [0.29, 0.717) is 36.8 Å². The van der Waals surface area contributed by atoms with Crippen molar-refractivity contribution in [3.8, 4) is 0 Å². The first-order chi connectivity index (χ1) is 36.2. The molecule has 0 bridgehead atoms. The van der Waals surface area contributed by atoms with E-state index in [-0.39, 0.29) is 54.5 Å². The highest BCUT2D eigenvalue weighted by Crippen LogP contribution is 2.40. The van der Waals surface area contributed by atoms with Crippen LogP contribution in [0.15, 0.2) is 97.3 Å². The van der Waals surface area contributed by atoms with E-state index >= 15 is 0 Å². The number of benzene rings is 4. The summed E-state index contributed by atoms with van der Waals surface area (Å²) >= 11 is 0. The van der Waals surface area contributed by atoms with Gasteiger partial charge in [-0.2, -0.15) is 10.2 Å². The summed E-state index contributed by atoms with van der Waals surface area (Å²) in [4.78, 5) is 35.9. The third-order valence-electron chi connectivity index (χ3n) is 14.9. The van der Waals surface area contributed by atoms with E-state index in [0.717, 1.165) is 58.6 Å². The van der Waals surface area contributed by atoms with Crippen LogP contribution in [0.5, 0.6) is 0 Å². The largest absolute Gasteiger partial charge is 0.390 e. The minimum atomic E-state index is -1.06. The molecule has 2 aliphatic carbocycles. The lowest BCUT2D eigenvalue weighted by Gasteiger charge is -2.40. The summed E-state index contributed by atoms with van der Waals surface area (Å²) < 4.78 is 56.6. The molecule has 2 aliphatic rings. The second-order valence-corrected chi connectivity index (χ2v) is 23.1. The van der Waals surface area contributed by atoms with Crippen LogP contribution in [0.3, 0.4) is 0 Å². The van der Waals surface area contributed by atoms with Crippen LogP contribution in [0.2, 0.25) is 0 Å². The highest BCUT2D eigenvalue weighted by molar-refractivity contribution is 5.75. The van der Waals surface area contributed by atoms with Crippen LogP contribution in [0.25, 0.3) is 0 Å². The zero-order valence-corrected chi connectivity index (χ0v) is 45.6. The van der Waals surface area contributed by atoms with E-state index in [1.807, 2.05) is 12.3 Å². The summed E-state index contributed by atoms with van der Waals surface area (Å²) in [6.07, 6.45) is 5.87. The van der Waals surface area contributed by atoms with Gasteiger partial charge in [0.1, 0.15) is 23.3 Å². The number of nitrogens with one attached hydrogen (secondary N) is 5. The van der Waals surface area contributed by atoms with Crippen molar-refractivity contribution in [2.24, 2.45) is 0 Å². The first-order valence-electron chi connectivity index (χ1n) is 26.3. The number of fused-ring (bicyclic) bond motifs is 2. The molecule has 0 saturated heterocycles. The number of amides is 2. The number of aromatic nitrogens is 4. The maximum atomic E-state index is 13.8. The molecule has 6 atom stereocenters. The van der Waals surface area contributed by atoms with Crippen molar-refractivity contribution in [3.05, 3.63) is 176 Å². The summed E-state index contributed by atoms with van der Waals surface area (Å²) in [5.74, 6) is -3.66. The predicted octanol–water partition coefficient (Wildman–Crippen LogP) is 8.27. The van der Waals surface area contributed by atoms with E-state index in [9.17, 15) is 42.2 Å². The number of aromatic amines is 1. The molecule has 2 heterocycles. The van der Waals surface area contributed by atoms with Crippen LogP contribution >= 0.6 is 0 Å². The fourth-order valence-corrected chi connectivity index (χ4v) is 10.7. The Morgan fingerprint density at radius 2 is 1.09 bits per heavy atom. The van der Waals surface area contributed by atoms with Gasteiger partial charge in [-0.05, 0) is 131 Å². The smallest absolute Gasteiger partial charge is 0.243 e. The number of carbonyl (C=O) groups excluding carboxylic acids is 3. The average Bonchev–Trinajstić information content (AvgIpc) is 4.02. The van der Waals surface area contributed by atoms with Crippen molar-refractivity contribution in [1.82, 2.24) is 41.2 Å². The molecule has 0 spiro atoms. The molecule has 8 rings (SSSR count). The van der Waals surface area contributed by atoms with Gasteiger partial charge in [-0.3, -0.25) is 19.5 Å². The number of aryl methyl sites for hydroxylation is 2. The Bertz CT molecular complexity index is 3010. The number of aliphatic hydroxyl groups excluding tert-OH is 2. The maximum absolute atomic E-state index is 13.8. The average molecular weight is 1060 g/mol. The second kappa shape index (κ2) is 24.0. The fraction of sp³-hybridized carbons (Fsp3) is 0.450. The van der Waals surface area contributed by atoms with Gasteiger partial charge in [-0.1, -0.05) is 90.1 Å². The Balaban J connectivity index is 0.000000224. The minimum absolute atomic E-state index is 0.0249. The van der Waals surface area contributed by atoms with E-state index < -0.39 is 58.6 Å². The minimum Gasteiger partial charge on any atom is -0.390 e. The zero-order chi connectivity index (χ0) is 56.0. The summed E-state index contributed by atoms with van der Waals surface area (Å²) in [6.45, 7) is 17.5. The van der Waals surface area contributed by atoms with Crippen LogP contribution in [-0.2, 0) is 70.0 Å². The molecule has 2 aromatic heterocycles. The summed E-state index contributed by atoms with van der Waals surface area (Å²) in [7, 11) is 0. The first kappa shape index (κ1) is 58.2. The van der Waals surface area contributed by atoms with Gasteiger partial charge < -0.3 is 31.5 Å². The van der Waals surface area contributed by atoms with E-state index in [1.165, 1.54) is 60.8 Å². The van der Waals surface area contributed by atoms with Gasteiger partial charge >= 0.3 is 0 Å². The van der Waals surface area contributed by atoms with Crippen molar-refractivity contribution in [2.45, 2.75) is 160 Å². The third kappa shape index (κ3) is 14.9. The molecule has 6 aromatic rings. The Morgan fingerprint density at radius 3 is 1.52 bits per heavy atom. The molecule has 7 N–H and O–H groups in total. The van der Waals surface area contributed by atoms with Crippen molar-refractivity contribution < 1.29 is 42.2 Å². The van der Waals surface area contributed by atoms with Crippen molar-refractivity contribution in [1.29, 1.82) is 0 Å². The highest BCUT2D eigenvalue weighted by Gasteiger charge is 2.40. The summed E-state index contributed by atoms with van der Waals surface area (Å²) in [6, 6.07) is 21.8. The van der Waals surface area contributed by atoms with Crippen molar-refractivity contribution >= 4 is 17.7 Å². The normalized spacial score (nSPS) is 18.9. The Morgan fingerprint density at radius 1 is 0.649 bits per heavy atom. The zero-order valence-electron chi connectivity index (χ0n) is 45.6. The van der Waals surface area contributed by atoms with Crippen molar-refractivity contribution in [3.63, 3.8) is 0 Å². The monoisotopic (exact) mass is 1060 g/mol. The van der Waals surface area contributed by atoms with Crippen molar-refractivity contribution in [2.75, 3.05) is 13.1 Å². The lowest BCUT2D eigenvalue weighted by molar-refractivity contribution is -0.121. The number of hydrogen-bond donors (Lipinski definition) is 7. The maximum Gasteiger partial charge on any atom is 0.243 e. The molecule has 0 fully saturated rings. The van der Waals surface area contributed by atoms with Crippen LogP contribution in [-0.4, -0.2) is 85.3 Å². The molecule has 17 heteroatoms. The lowest BCUT2D eigenvalue weighted by atomic mass is 9.74. The van der Waals surface area contributed by atoms with Crippen LogP contribution in [0.4, 0.5) is 17.6 Å². The van der Waals surface area contributed by atoms with Gasteiger partial charge in [0, 0.05) is 69.0 Å². The van der Waals surface area contributed by atoms with E-state index in [4.69, 9.17) is 0 Å². The van der Waals surface area contributed by atoms with Gasteiger partial charge in [-0.25, -0.2) is 22.2 Å². The van der Waals surface area contributed by atoms with Gasteiger partial charge in [0.25, 0.3) is 0 Å². The first-order valence-corrected chi connectivity index (χ1v) is 26.3. The molecular formula is C60H74F4N8O5. The summed E-state index contributed by atoms with van der Waals surface area (Å²) in [5, 5.41) is 47.0. The number of rotatable bonds is 16. The molecule has 0 saturated carbocycles. The molecule has 77 heavy (non-hydrogen) atoms. The van der Waals surface area contributed by atoms with Gasteiger partial charge in [0.05, 0.1) is 36.2 Å². The topological polar surface area (TPSA) is 186 Å². The Hall–Kier alpha value is -6.53. The highest BCUT2D eigenvalue weighted by atomic mass is 19.1. The molecular weight excluding hydrogens is 989 g/mol. The molecule has 4 aromatic carbocycles. The molecule has 2 amide bonds. The second-order valence-electron chi connectivity index (χ2n) is 23.1. The Kier molecular flexibility index (Phi) is 18.1. The molecule has 412 valence electrons. The molecule has 13 nitrogen and oxygen atoms in total. The number of H-pyrrole nitrogens is 1. The third-order valence-corrected chi connectivity index (χ3v) is 14.9. The number of nitrogens with zero attached hydrogens (tertiary/aromatic N) is 3. The Labute approximate surface area is 449 Å². The molecule has 2 unspecified atom stereocenters. The standard InChI is InChI=1S/C31H38F2N4O3.C29H36F2N4O2/c1-19(38)35-28(13-21-11-25(32)15-26(33)12-21)29(40)17-34-31(24-8-6-7-23(14-24)30(3,4)5)10-9-27-22(16-31)18-37(36-27)20(2)39;1-18(36)34-26(12-19-10-23(30)14-24(31)11-19)27(37)17-32-29(9-8-25-20(15-29)16-33-35-25)22-7-5-6-21(13-22)28(2,3)4/h6-8,11-12,14-15,18,28-29,34,40H,9-10,13,16-17H2,1-5H3,(H,35,38);5-7,10-11,13-14,16,26-27,32,37H,8-9,12,15,17H2,1-4H3,(H,33,35)(H,34,36)/t28-,29+,31?;26-,27+,29?/m00/s1. The summed E-state index contributed by atoms with van der Waals surface area (Å²) in [5.41, 5.74) is 8.21. The number of carbonyl (C=O) groups is 3. The van der Waals surface area contributed by atoms with E-state index in [2.05, 4.69) is 121 Å². The van der Waals surface area contributed by atoms with Gasteiger partial charge in [0.15, 0.2) is 0 Å². The molecule has 0 radical (unpaired) electrons. The van der Waals surface area contributed by atoms with Crippen LogP contribution in [0, 0.1) is 23.3 Å². The lowest BCUT2D eigenvalue weighted by Crippen LogP contribution is -2.54.